The van der Waals surface area contributed by atoms with Crippen molar-refractivity contribution in [2.24, 2.45) is 5.73 Å². The third-order valence-electron chi connectivity index (χ3n) is 2.61. The molecule has 2 N–H and O–H groups in total. The summed E-state index contributed by atoms with van der Waals surface area (Å²) in [6, 6.07) is 9.91. The highest BCUT2D eigenvalue weighted by molar-refractivity contribution is 6.36. The van der Waals surface area contributed by atoms with Crippen molar-refractivity contribution in [2.45, 2.75) is 6.04 Å². The van der Waals surface area contributed by atoms with Crippen LogP contribution in [0, 0.1) is 0 Å². The topological polar surface area (TPSA) is 26.0 Å². The predicted octanol–water partition coefficient (Wildman–Crippen LogP) is 5.35. The van der Waals surface area contributed by atoms with Crippen LogP contribution in [-0.4, -0.2) is 0 Å². The van der Waals surface area contributed by atoms with Gasteiger partial charge in [-0.1, -0.05) is 58.5 Å². The Bertz CT molecular complexity index is 563. The van der Waals surface area contributed by atoms with Gasteiger partial charge in [0, 0.05) is 25.7 Å². The molecular weight excluding hydrogens is 312 g/mol. The zero-order chi connectivity index (χ0) is 13.3. The minimum Gasteiger partial charge on any atom is -0.320 e. The lowest BCUT2D eigenvalue weighted by Crippen LogP contribution is -2.13. The smallest absolute Gasteiger partial charge is 0.0596 e. The lowest BCUT2D eigenvalue weighted by molar-refractivity contribution is 0.872. The van der Waals surface area contributed by atoms with Gasteiger partial charge in [-0.15, -0.1) is 0 Å². The molecule has 2 aromatic carbocycles. The van der Waals surface area contributed by atoms with E-state index in [1.807, 2.05) is 0 Å². The Morgan fingerprint density at radius 1 is 0.833 bits per heavy atom. The molecule has 0 spiro atoms. The molecular formula is C13H9Cl4N. The van der Waals surface area contributed by atoms with Crippen LogP contribution >= 0.6 is 46.4 Å². The van der Waals surface area contributed by atoms with Gasteiger partial charge in [-0.3, -0.25) is 0 Å². The van der Waals surface area contributed by atoms with Gasteiger partial charge < -0.3 is 5.73 Å². The highest BCUT2D eigenvalue weighted by atomic mass is 35.5. The molecule has 0 aliphatic carbocycles. The largest absolute Gasteiger partial charge is 0.320 e. The monoisotopic (exact) mass is 319 g/mol. The maximum atomic E-state index is 6.17. The van der Waals surface area contributed by atoms with E-state index < -0.39 is 6.04 Å². The molecule has 1 atom stereocenters. The van der Waals surface area contributed by atoms with Crippen LogP contribution in [0.1, 0.15) is 17.2 Å². The number of halogens is 4. The Morgan fingerprint density at radius 2 is 1.44 bits per heavy atom. The number of hydrogen-bond donors (Lipinski definition) is 1. The molecule has 2 aromatic rings. The van der Waals surface area contributed by atoms with E-state index in [1.165, 1.54) is 0 Å². The van der Waals surface area contributed by atoms with Gasteiger partial charge in [0.2, 0.25) is 0 Å². The fourth-order valence-electron chi connectivity index (χ4n) is 1.72. The first-order valence-corrected chi connectivity index (χ1v) is 6.66. The van der Waals surface area contributed by atoms with Crippen LogP contribution in [0.4, 0.5) is 0 Å². The summed E-state index contributed by atoms with van der Waals surface area (Å²) in [7, 11) is 0. The van der Waals surface area contributed by atoms with Gasteiger partial charge in [-0.2, -0.15) is 0 Å². The third kappa shape index (κ3) is 2.76. The second-order valence-electron chi connectivity index (χ2n) is 3.78. The second-order valence-corrected chi connectivity index (χ2v) is 5.44. The maximum absolute atomic E-state index is 6.17. The van der Waals surface area contributed by atoms with Crippen molar-refractivity contribution in [3.63, 3.8) is 0 Å². The molecule has 0 saturated heterocycles. The lowest BCUT2D eigenvalue weighted by Gasteiger charge is -2.17. The summed E-state index contributed by atoms with van der Waals surface area (Å²) in [5.41, 5.74) is 7.56. The zero-order valence-electron chi connectivity index (χ0n) is 9.13. The molecule has 0 fully saturated rings. The van der Waals surface area contributed by atoms with E-state index in [-0.39, 0.29) is 0 Å². The summed E-state index contributed by atoms with van der Waals surface area (Å²) < 4.78 is 0. The molecule has 0 radical (unpaired) electrons. The fourth-order valence-corrected chi connectivity index (χ4v) is 2.88. The molecule has 1 unspecified atom stereocenters. The fraction of sp³-hybridized carbons (Fsp3) is 0.0769. The summed E-state index contributed by atoms with van der Waals surface area (Å²) in [5.74, 6) is 0. The van der Waals surface area contributed by atoms with Crippen molar-refractivity contribution >= 4 is 46.4 Å². The highest BCUT2D eigenvalue weighted by Crippen LogP contribution is 2.35. The van der Waals surface area contributed by atoms with E-state index in [0.717, 1.165) is 5.56 Å². The molecule has 94 valence electrons. The average Bonchev–Trinajstić information content (AvgIpc) is 2.28. The predicted molar refractivity (Wildman–Crippen MR) is 79.0 cm³/mol. The van der Waals surface area contributed by atoms with Crippen molar-refractivity contribution in [3.05, 3.63) is 67.6 Å². The molecule has 1 nitrogen and oxygen atoms in total. The molecule has 0 heterocycles. The Kier molecular flexibility index (Phi) is 4.41. The van der Waals surface area contributed by atoms with Crippen molar-refractivity contribution in [2.75, 3.05) is 0 Å². The first-order valence-electron chi connectivity index (χ1n) is 5.15. The lowest BCUT2D eigenvalue weighted by atomic mass is 9.99. The van der Waals surface area contributed by atoms with Gasteiger partial charge in [0.15, 0.2) is 0 Å². The molecule has 0 aliphatic rings. The quantitative estimate of drug-likeness (QED) is 0.793. The van der Waals surface area contributed by atoms with Gasteiger partial charge in [0.25, 0.3) is 0 Å². The Morgan fingerprint density at radius 3 is 2.00 bits per heavy atom. The zero-order valence-corrected chi connectivity index (χ0v) is 12.2. The standard InChI is InChI=1S/C13H9Cl4N/c14-7-4-5-8(11(17)6-7)13(18)12-9(15)2-1-3-10(12)16/h1-6,13H,18H2. The normalized spacial score (nSPS) is 12.5. The number of benzene rings is 2. The van der Waals surface area contributed by atoms with E-state index >= 15 is 0 Å². The summed E-state index contributed by atoms with van der Waals surface area (Å²) in [6.45, 7) is 0. The van der Waals surface area contributed by atoms with E-state index in [9.17, 15) is 0 Å². The molecule has 0 aliphatic heterocycles. The highest BCUT2D eigenvalue weighted by Gasteiger charge is 2.18. The third-order valence-corrected chi connectivity index (χ3v) is 3.83. The van der Waals surface area contributed by atoms with Gasteiger partial charge in [0.05, 0.1) is 6.04 Å². The van der Waals surface area contributed by atoms with Crippen LogP contribution < -0.4 is 5.73 Å². The van der Waals surface area contributed by atoms with Crippen LogP contribution in [0.3, 0.4) is 0 Å². The second kappa shape index (κ2) is 5.68. The maximum Gasteiger partial charge on any atom is 0.0596 e. The molecule has 0 aromatic heterocycles. The van der Waals surface area contributed by atoms with Crippen molar-refractivity contribution in [1.29, 1.82) is 0 Å². The van der Waals surface area contributed by atoms with Gasteiger partial charge in [-0.25, -0.2) is 0 Å². The van der Waals surface area contributed by atoms with Crippen LogP contribution in [0.2, 0.25) is 20.1 Å². The van der Waals surface area contributed by atoms with E-state index in [1.54, 1.807) is 36.4 Å². The Labute approximate surface area is 125 Å². The Balaban J connectivity index is 2.51. The van der Waals surface area contributed by atoms with Crippen LogP contribution in [0.15, 0.2) is 36.4 Å². The van der Waals surface area contributed by atoms with Gasteiger partial charge >= 0.3 is 0 Å². The van der Waals surface area contributed by atoms with Crippen LogP contribution in [0.5, 0.6) is 0 Å². The van der Waals surface area contributed by atoms with Crippen molar-refractivity contribution in [3.8, 4) is 0 Å². The molecule has 0 amide bonds. The summed E-state index contributed by atoms with van der Waals surface area (Å²) in [6.07, 6.45) is 0. The minimum absolute atomic E-state index is 0.490. The first-order chi connectivity index (χ1) is 8.50. The molecule has 0 bridgehead atoms. The van der Waals surface area contributed by atoms with Crippen molar-refractivity contribution in [1.82, 2.24) is 0 Å². The van der Waals surface area contributed by atoms with E-state index in [0.29, 0.717) is 25.7 Å². The minimum atomic E-state index is -0.490. The summed E-state index contributed by atoms with van der Waals surface area (Å²) >= 11 is 24.2. The van der Waals surface area contributed by atoms with E-state index in [4.69, 9.17) is 52.1 Å². The van der Waals surface area contributed by atoms with Gasteiger partial charge in [-0.05, 0) is 29.8 Å². The van der Waals surface area contributed by atoms with Gasteiger partial charge in [0.1, 0.15) is 0 Å². The summed E-state index contributed by atoms with van der Waals surface area (Å²) in [4.78, 5) is 0. The van der Waals surface area contributed by atoms with E-state index in [2.05, 4.69) is 0 Å². The van der Waals surface area contributed by atoms with Crippen LogP contribution in [0.25, 0.3) is 0 Å². The molecule has 18 heavy (non-hydrogen) atoms. The number of nitrogens with two attached hydrogens (primary N) is 1. The SMILES string of the molecule is NC(c1ccc(Cl)cc1Cl)c1c(Cl)cccc1Cl. The summed E-state index contributed by atoms with van der Waals surface area (Å²) in [5, 5.41) is 2.08. The Hall–Kier alpha value is -0.440. The molecule has 5 heteroatoms. The average molecular weight is 321 g/mol. The van der Waals surface area contributed by atoms with Crippen molar-refractivity contribution < 1.29 is 0 Å². The first kappa shape index (κ1) is 14.0. The molecule has 0 saturated carbocycles. The number of hydrogen-bond acceptors (Lipinski definition) is 1. The van der Waals surface area contributed by atoms with Crippen LogP contribution in [-0.2, 0) is 0 Å². The number of rotatable bonds is 2. The molecule has 2 rings (SSSR count).